The van der Waals surface area contributed by atoms with Crippen molar-refractivity contribution in [1.82, 2.24) is 4.90 Å². The lowest BCUT2D eigenvalue weighted by molar-refractivity contribution is -0.127. The van der Waals surface area contributed by atoms with Gasteiger partial charge in [-0.2, -0.15) is 0 Å². The lowest BCUT2D eigenvalue weighted by Crippen LogP contribution is -2.42. The van der Waals surface area contributed by atoms with Gasteiger partial charge in [-0.15, -0.1) is 0 Å². The van der Waals surface area contributed by atoms with E-state index in [0.29, 0.717) is 18.5 Å². The van der Waals surface area contributed by atoms with Gasteiger partial charge in [0.05, 0.1) is 5.69 Å². The highest BCUT2D eigenvalue weighted by molar-refractivity contribution is 9.10. The van der Waals surface area contributed by atoms with Crippen LogP contribution in [0.25, 0.3) is 0 Å². The monoisotopic (exact) mass is 390 g/mol. The van der Waals surface area contributed by atoms with Crippen LogP contribution in [0.15, 0.2) is 53.0 Å². The van der Waals surface area contributed by atoms with Crippen LogP contribution in [0.2, 0.25) is 0 Å². The number of rotatable bonds is 4. The van der Waals surface area contributed by atoms with Gasteiger partial charge in [0, 0.05) is 23.0 Å². The second kappa shape index (κ2) is 7.13. The summed E-state index contributed by atoms with van der Waals surface area (Å²) in [5.74, 6) is -0.846. The minimum absolute atomic E-state index is 0.0139. The summed E-state index contributed by atoms with van der Waals surface area (Å²) in [5.41, 5.74) is 0.609. The number of carbonyl (C=O) groups is 2. The largest absolute Gasteiger partial charge is 0.324 e. The summed E-state index contributed by atoms with van der Waals surface area (Å²) in [5, 5.41) is 0. The number of hydrogen-bond donors (Lipinski definition) is 0. The van der Waals surface area contributed by atoms with Gasteiger partial charge in [0.25, 0.3) is 5.91 Å². The van der Waals surface area contributed by atoms with E-state index in [1.165, 1.54) is 11.0 Å². The molecule has 2 amide bonds. The van der Waals surface area contributed by atoms with Gasteiger partial charge in [0.15, 0.2) is 0 Å². The number of anilines is 1. The van der Waals surface area contributed by atoms with Crippen LogP contribution in [0.4, 0.5) is 10.1 Å². The molecule has 2 aromatic carbocycles. The van der Waals surface area contributed by atoms with E-state index >= 15 is 0 Å². The van der Waals surface area contributed by atoms with Crippen LogP contribution in [0.5, 0.6) is 0 Å². The first-order valence-corrected chi connectivity index (χ1v) is 8.45. The number of hydrogen-bond acceptors (Lipinski definition) is 2. The molecular weight excluding hydrogens is 375 g/mol. The molecule has 2 aromatic rings. The van der Waals surface area contributed by atoms with Crippen molar-refractivity contribution in [2.75, 3.05) is 18.1 Å². The van der Waals surface area contributed by atoms with Crippen molar-refractivity contribution in [3.05, 3.63) is 64.4 Å². The molecule has 0 spiro atoms. The molecule has 0 N–H and O–H groups in total. The van der Waals surface area contributed by atoms with Crippen LogP contribution >= 0.6 is 15.9 Å². The first kappa shape index (κ1) is 16.6. The maximum atomic E-state index is 14.2. The van der Waals surface area contributed by atoms with E-state index in [4.69, 9.17) is 0 Å². The molecule has 4 nitrogen and oxygen atoms in total. The van der Waals surface area contributed by atoms with Crippen molar-refractivity contribution in [2.24, 2.45) is 0 Å². The van der Waals surface area contributed by atoms with Gasteiger partial charge in [-0.1, -0.05) is 28.1 Å². The van der Waals surface area contributed by atoms with E-state index in [0.717, 1.165) is 10.9 Å². The maximum Gasteiger partial charge on any atom is 0.259 e. The highest BCUT2D eigenvalue weighted by atomic mass is 79.9. The molecule has 0 aromatic heterocycles. The second-order valence-corrected chi connectivity index (χ2v) is 6.51. The normalized spacial score (nSPS) is 14.1. The molecule has 1 aliphatic heterocycles. The Morgan fingerprint density at radius 2 is 1.88 bits per heavy atom. The average molecular weight is 391 g/mol. The van der Waals surface area contributed by atoms with Crippen LogP contribution in [0.3, 0.4) is 0 Å². The molecule has 3 rings (SSSR count). The van der Waals surface area contributed by atoms with E-state index in [9.17, 15) is 14.0 Å². The van der Waals surface area contributed by atoms with Crippen LogP contribution in [-0.2, 0) is 4.79 Å². The molecule has 1 heterocycles. The number of likely N-dealkylation sites (tertiary alicyclic amines) is 1. The predicted octanol–water partition coefficient (Wildman–Crippen LogP) is 3.81. The van der Waals surface area contributed by atoms with Gasteiger partial charge >= 0.3 is 0 Å². The third-order valence-corrected chi connectivity index (χ3v) is 4.49. The number of carbonyl (C=O) groups excluding carboxylic acids is 2. The zero-order valence-corrected chi connectivity index (χ0v) is 14.5. The van der Waals surface area contributed by atoms with Crippen molar-refractivity contribution in [3.8, 4) is 0 Å². The Labute approximate surface area is 148 Å². The molecule has 6 heteroatoms. The van der Waals surface area contributed by atoms with Crippen LogP contribution in [0, 0.1) is 5.82 Å². The Morgan fingerprint density at radius 3 is 2.50 bits per heavy atom. The first-order chi connectivity index (χ1) is 11.6. The van der Waals surface area contributed by atoms with Gasteiger partial charge in [0.2, 0.25) is 5.91 Å². The van der Waals surface area contributed by atoms with E-state index < -0.39 is 5.82 Å². The van der Waals surface area contributed by atoms with Crippen LogP contribution in [0.1, 0.15) is 23.2 Å². The van der Waals surface area contributed by atoms with Crippen LogP contribution < -0.4 is 4.90 Å². The number of benzene rings is 2. The molecule has 24 heavy (non-hydrogen) atoms. The van der Waals surface area contributed by atoms with E-state index in [-0.39, 0.29) is 24.2 Å². The van der Waals surface area contributed by atoms with Gasteiger partial charge in [-0.05, 0) is 42.8 Å². The maximum absolute atomic E-state index is 14.2. The number of amides is 2. The van der Waals surface area contributed by atoms with Crippen molar-refractivity contribution < 1.29 is 14.0 Å². The summed E-state index contributed by atoms with van der Waals surface area (Å²) in [6.07, 6.45) is 1.23. The molecular formula is C18H16BrFN2O2. The Morgan fingerprint density at radius 1 is 1.17 bits per heavy atom. The lowest BCUT2D eigenvalue weighted by atomic mass is 10.2. The molecule has 0 saturated carbocycles. The Balaban J connectivity index is 1.95. The molecule has 1 saturated heterocycles. The number of halogens is 2. The van der Waals surface area contributed by atoms with Crippen molar-refractivity contribution in [3.63, 3.8) is 0 Å². The molecule has 1 fully saturated rings. The standard InChI is InChI=1S/C18H16BrFN2O2/c19-14-9-7-13(8-10-14)18(24)22(12-21-11-3-6-17(21)23)16-5-2-1-4-15(16)20/h1-2,4-5,7-10H,3,6,11-12H2. The molecule has 0 aliphatic carbocycles. The van der Waals surface area contributed by atoms with Crippen molar-refractivity contribution in [1.29, 1.82) is 0 Å². The SMILES string of the molecule is O=C1CCCN1CN(C(=O)c1ccc(Br)cc1)c1ccccc1F. The summed E-state index contributed by atoms with van der Waals surface area (Å²) >= 11 is 3.33. The molecule has 124 valence electrons. The average Bonchev–Trinajstić information content (AvgIpc) is 2.98. The highest BCUT2D eigenvalue weighted by Crippen LogP contribution is 2.23. The van der Waals surface area contributed by atoms with E-state index in [1.54, 1.807) is 47.4 Å². The summed E-state index contributed by atoms with van der Waals surface area (Å²) in [6.45, 7) is 0.631. The van der Waals surface area contributed by atoms with E-state index in [2.05, 4.69) is 15.9 Å². The predicted molar refractivity (Wildman–Crippen MR) is 93.2 cm³/mol. The smallest absolute Gasteiger partial charge is 0.259 e. The Bertz CT molecular complexity index is 764. The fraction of sp³-hybridized carbons (Fsp3) is 0.222. The summed E-state index contributed by atoms with van der Waals surface area (Å²) < 4.78 is 15.1. The van der Waals surface area contributed by atoms with Crippen LogP contribution in [-0.4, -0.2) is 29.9 Å². The molecule has 0 unspecified atom stereocenters. The van der Waals surface area contributed by atoms with Gasteiger partial charge < -0.3 is 4.90 Å². The highest BCUT2D eigenvalue weighted by Gasteiger charge is 2.27. The fourth-order valence-electron chi connectivity index (χ4n) is 2.69. The third kappa shape index (κ3) is 3.48. The molecule has 0 atom stereocenters. The quantitative estimate of drug-likeness (QED) is 0.795. The van der Waals surface area contributed by atoms with Gasteiger partial charge in [0.1, 0.15) is 12.5 Å². The zero-order chi connectivity index (χ0) is 17.1. The fourth-order valence-corrected chi connectivity index (χ4v) is 2.96. The van der Waals surface area contributed by atoms with E-state index in [1.807, 2.05) is 0 Å². The zero-order valence-electron chi connectivity index (χ0n) is 12.9. The number of nitrogens with zero attached hydrogens (tertiary/aromatic N) is 2. The molecule has 0 radical (unpaired) electrons. The lowest BCUT2D eigenvalue weighted by Gasteiger charge is -2.28. The number of para-hydroxylation sites is 1. The van der Waals surface area contributed by atoms with Crippen molar-refractivity contribution >= 4 is 33.4 Å². The first-order valence-electron chi connectivity index (χ1n) is 7.66. The Hall–Kier alpha value is -2.21. The minimum Gasteiger partial charge on any atom is -0.324 e. The topological polar surface area (TPSA) is 40.6 Å². The summed E-state index contributed by atoms with van der Waals surface area (Å²) in [7, 11) is 0. The summed E-state index contributed by atoms with van der Waals surface area (Å²) in [4.78, 5) is 27.7. The van der Waals surface area contributed by atoms with Crippen molar-refractivity contribution in [2.45, 2.75) is 12.8 Å². The second-order valence-electron chi connectivity index (χ2n) is 5.59. The van der Waals surface area contributed by atoms with Gasteiger partial charge in [-0.3, -0.25) is 14.5 Å². The van der Waals surface area contributed by atoms with Gasteiger partial charge in [-0.25, -0.2) is 4.39 Å². The Kier molecular flexibility index (Phi) is 4.94. The minimum atomic E-state index is -0.491. The molecule has 1 aliphatic rings. The third-order valence-electron chi connectivity index (χ3n) is 3.96. The molecule has 0 bridgehead atoms. The summed E-state index contributed by atoms with van der Waals surface area (Å²) in [6, 6.07) is 13.0.